The Morgan fingerprint density at radius 3 is 2.38 bits per heavy atom. The lowest BCUT2D eigenvalue weighted by molar-refractivity contribution is 0.0950. The molecule has 1 amide bonds. The molecule has 1 saturated carbocycles. The maximum atomic E-state index is 13.8. The maximum absolute atomic E-state index is 13.8. The van der Waals surface area contributed by atoms with Gasteiger partial charge in [-0.3, -0.25) is 9.59 Å². The molecule has 1 aliphatic heterocycles. The van der Waals surface area contributed by atoms with Crippen LogP contribution >= 0.6 is 0 Å². The van der Waals surface area contributed by atoms with Gasteiger partial charge in [0.25, 0.3) is 11.5 Å². The van der Waals surface area contributed by atoms with E-state index in [1.807, 2.05) is 26.0 Å². The van der Waals surface area contributed by atoms with Gasteiger partial charge >= 0.3 is 0 Å². The molecule has 42 heavy (non-hydrogen) atoms. The first-order valence-corrected chi connectivity index (χ1v) is 16.0. The molecule has 1 aromatic heterocycles. The van der Waals surface area contributed by atoms with E-state index in [-0.39, 0.29) is 18.0 Å². The Kier molecular flexibility index (Phi) is 9.89. The zero-order valence-electron chi connectivity index (χ0n) is 26.0. The first kappa shape index (κ1) is 30.2. The zero-order valence-corrected chi connectivity index (χ0v) is 26.0. The first-order valence-electron chi connectivity index (χ1n) is 16.0. The molecule has 0 unspecified atom stereocenters. The van der Waals surface area contributed by atoms with E-state index >= 15 is 0 Å². The van der Waals surface area contributed by atoms with E-state index < -0.39 is 0 Å². The molecule has 1 saturated heterocycles. The average Bonchev–Trinajstić information content (AvgIpc) is 2.99. The molecule has 3 aromatic rings. The van der Waals surface area contributed by atoms with Gasteiger partial charge in [-0.2, -0.15) is 0 Å². The third-order valence-electron chi connectivity index (χ3n) is 9.35. The highest BCUT2D eigenvalue weighted by atomic mass is 16.1. The highest BCUT2D eigenvalue weighted by molar-refractivity contribution is 6.35. The molecule has 0 spiro atoms. The second-order valence-corrected chi connectivity index (χ2v) is 12.4. The van der Waals surface area contributed by atoms with E-state index in [0.717, 1.165) is 46.7 Å². The minimum atomic E-state index is -0.142. The fourth-order valence-corrected chi connectivity index (χ4v) is 6.96. The number of H-pyrrole nitrogens is 1. The van der Waals surface area contributed by atoms with Crippen molar-refractivity contribution < 1.29 is 4.79 Å². The van der Waals surface area contributed by atoms with Gasteiger partial charge in [0.1, 0.15) is 7.28 Å². The van der Waals surface area contributed by atoms with Crippen molar-refractivity contribution in [2.75, 3.05) is 24.5 Å². The lowest BCUT2D eigenvalue weighted by atomic mass is 9.68. The van der Waals surface area contributed by atoms with Gasteiger partial charge < -0.3 is 20.1 Å². The molecule has 2 aliphatic rings. The van der Waals surface area contributed by atoms with E-state index in [0.29, 0.717) is 17.2 Å². The molecule has 222 valence electrons. The Hall–Kier alpha value is -3.32. The van der Waals surface area contributed by atoms with E-state index in [2.05, 4.69) is 64.3 Å². The third kappa shape index (κ3) is 7.00. The fourth-order valence-electron chi connectivity index (χ4n) is 6.96. The van der Waals surface area contributed by atoms with E-state index in [1.165, 1.54) is 70.7 Å². The summed E-state index contributed by atoms with van der Waals surface area (Å²) in [6, 6.07) is 15.7. The van der Waals surface area contributed by atoms with Gasteiger partial charge in [0.15, 0.2) is 0 Å². The number of rotatable bonds is 9. The number of aromatic nitrogens is 1. The van der Waals surface area contributed by atoms with Crippen LogP contribution in [0.1, 0.15) is 77.3 Å². The molecule has 0 bridgehead atoms. The van der Waals surface area contributed by atoms with E-state index in [9.17, 15) is 9.59 Å². The lowest BCUT2D eigenvalue weighted by Crippen LogP contribution is -2.37. The number of nitrogens with zero attached hydrogens (tertiary/aromatic N) is 2. The third-order valence-corrected chi connectivity index (χ3v) is 9.35. The molecular formula is C35H47BN4O2. The predicted molar refractivity (Wildman–Crippen MR) is 176 cm³/mol. The number of anilines is 1. The quantitative estimate of drug-likeness (QED) is 0.305. The molecule has 2 fully saturated rings. The Balaban J connectivity index is 1.46. The van der Waals surface area contributed by atoms with Crippen molar-refractivity contribution in [1.82, 2.24) is 15.2 Å². The van der Waals surface area contributed by atoms with E-state index in [1.54, 1.807) is 0 Å². The Bertz CT molecular complexity index is 1440. The van der Waals surface area contributed by atoms with Crippen LogP contribution in [0.3, 0.4) is 0 Å². The smallest absolute Gasteiger partial charge is 0.253 e. The number of hydrogen-bond donors (Lipinski definition) is 2. The number of aromatic amines is 1. The van der Waals surface area contributed by atoms with Crippen LogP contribution in [0.2, 0.25) is 12.6 Å². The van der Waals surface area contributed by atoms with E-state index in [4.69, 9.17) is 0 Å². The Morgan fingerprint density at radius 2 is 1.71 bits per heavy atom. The normalized spacial score (nSPS) is 16.2. The van der Waals surface area contributed by atoms with Crippen molar-refractivity contribution >= 4 is 18.9 Å². The minimum Gasteiger partial charge on any atom is -0.369 e. The van der Waals surface area contributed by atoms with Crippen LogP contribution in [0, 0.1) is 20.8 Å². The molecule has 0 atom stereocenters. The zero-order chi connectivity index (χ0) is 29.6. The minimum absolute atomic E-state index is 0.141. The number of nitrogens with one attached hydrogen (secondary N) is 2. The summed E-state index contributed by atoms with van der Waals surface area (Å²) in [5.74, 6) is -0.142. The summed E-state index contributed by atoms with van der Waals surface area (Å²) >= 11 is 0. The Labute approximate surface area is 252 Å². The molecule has 2 N–H and O–H groups in total. The number of carbonyl (C=O) groups excluding carboxylic acids is 1. The molecule has 2 aromatic carbocycles. The van der Waals surface area contributed by atoms with Gasteiger partial charge in [-0.15, -0.1) is 0 Å². The van der Waals surface area contributed by atoms with Crippen LogP contribution in [-0.4, -0.2) is 48.7 Å². The monoisotopic (exact) mass is 566 g/mol. The highest BCUT2D eigenvalue weighted by Gasteiger charge is 2.25. The second kappa shape index (κ2) is 13.8. The van der Waals surface area contributed by atoms with Crippen molar-refractivity contribution in [2.24, 2.45) is 0 Å². The molecule has 0 radical (unpaired) electrons. The van der Waals surface area contributed by atoms with Crippen molar-refractivity contribution in [2.45, 2.75) is 91.6 Å². The summed E-state index contributed by atoms with van der Waals surface area (Å²) in [7, 11) is 1.35. The summed E-state index contributed by atoms with van der Waals surface area (Å²) in [6.07, 6.45) is 8.80. The number of pyridine rings is 1. The summed E-state index contributed by atoms with van der Waals surface area (Å²) < 4.78 is 0. The summed E-state index contributed by atoms with van der Waals surface area (Å²) in [6.45, 7) is 12.6. The van der Waals surface area contributed by atoms with Crippen molar-refractivity contribution in [3.63, 3.8) is 0 Å². The predicted octanol–water partition coefficient (Wildman–Crippen LogP) is 6.14. The van der Waals surface area contributed by atoms with Crippen molar-refractivity contribution in [3.05, 3.63) is 86.3 Å². The lowest BCUT2D eigenvalue weighted by Gasteiger charge is -2.37. The molecule has 6 nitrogen and oxygen atoms in total. The highest BCUT2D eigenvalue weighted by Crippen LogP contribution is 2.35. The largest absolute Gasteiger partial charge is 0.369 e. The maximum Gasteiger partial charge on any atom is 0.253 e. The standard InChI is InChI=1S/C35H47BN4O2/c1-5-40(30-9-7-6-8-10-30)33-21-29(28-13-11-27(12-14-28)23-39-17-15-36-16-18-39)20-31(26(33)4)34(41)37-22-32-24(2)19-25(3)38-35(32)42/h11-14,19-21,30,36H,5-10,15-18,22-23H2,1-4H3,(H,37,41)(H,38,42). The average molecular weight is 567 g/mol. The van der Waals surface area contributed by atoms with Gasteiger partial charge in [-0.1, -0.05) is 56.2 Å². The van der Waals surface area contributed by atoms with Crippen LogP contribution in [0.25, 0.3) is 11.1 Å². The van der Waals surface area contributed by atoms with Crippen LogP contribution in [0.5, 0.6) is 0 Å². The van der Waals surface area contributed by atoms with Gasteiger partial charge in [0.05, 0.1) is 0 Å². The number of amides is 1. The Morgan fingerprint density at radius 1 is 1.00 bits per heavy atom. The summed E-state index contributed by atoms with van der Waals surface area (Å²) in [4.78, 5) is 34.3. The molecular weight excluding hydrogens is 519 g/mol. The van der Waals surface area contributed by atoms with Gasteiger partial charge in [0, 0.05) is 48.2 Å². The number of carbonyl (C=O) groups is 1. The van der Waals surface area contributed by atoms with Crippen LogP contribution in [-0.2, 0) is 13.1 Å². The van der Waals surface area contributed by atoms with Gasteiger partial charge in [-0.25, -0.2) is 0 Å². The fraction of sp³-hybridized carbons (Fsp3) is 0.486. The summed E-state index contributed by atoms with van der Waals surface area (Å²) in [5, 5.41) is 3.07. The van der Waals surface area contributed by atoms with Crippen molar-refractivity contribution in [3.8, 4) is 11.1 Å². The first-order chi connectivity index (χ1) is 20.3. The molecule has 1 aliphatic carbocycles. The van der Waals surface area contributed by atoms with Crippen molar-refractivity contribution in [1.29, 1.82) is 0 Å². The van der Waals surface area contributed by atoms with Crippen LogP contribution < -0.4 is 15.8 Å². The molecule has 5 rings (SSSR count). The summed E-state index contributed by atoms with van der Waals surface area (Å²) in [5.41, 5.74) is 8.52. The number of benzene rings is 2. The SMILES string of the molecule is CCN(c1cc(-c2ccc(CN3CCBCC3)cc2)cc(C(=O)NCc2c(C)cc(C)[nH]c2=O)c1C)C1CCCCC1. The second-order valence-electron chi connectivity index (χ2n) is 12.4. The van der Waals surface area contributed by atoms with Crippen LogP contribution in [0.15, 0.2) is 47.3 Å². The van der Waals surface area contributed by atoms with Gasteiger partial charge in [0.2, 0.25) is 0 Å². The molecule has 2 heterocycles. The van der Waals surface area contributed by atoms with Crippen LogP contribution in [0.4, 0.5) is 5.69 Å². The number of aryl methyl sites for hydroxylation is 2. The molecule has 7 heteroatoms. The number of hydrogen-bond acceptors (Lipinski definition) is 4. The van der Waals surface area contributed by atoms with Gasteiger partial charge in [-0.05, 0) is 99.6 Å². The topological polar surface area (TPSA) is 68.4 Å².